The molecule has 27 heavy (non-hydrogen) atoms. The third kappa shape index (κ3) is 8.54. The number of para-hydroxylation sites is 1. The molecule has 1 rings (SSSR count). The van der Waals surface area contributed by atoms with E-state index in [1.54, 1.807) is 35.6 Å². The Morgan fingerprint density at radius 2 is 1.70 bits per heavy atom. The van der Waals surface area contributed by atoms with Crippen molar-refractivity contribution in [2.75, 3.05) is 11.9 Å². The standard InChI is InChI=1S/C17H23F3N4O3/c1-11(14(25)24-12-7-3-2-4-8-12)23-15(26)13(21)9-5-6-10-22-16(27)17(18,19)20/h2-4,7-8,11,13H,5-6,9-10,21H2,1H3,(H,22,27)(H,23,26)(H,24,25)/t11-,13-/m0/s1. The van der Waals surface area contributed by atoms with Gasteiger partial charge in [-0.3, -0.25) is 14.4 Å². The zero-order chi connectivity index (χ0) is 20.4. The van der Waals surface area contributed by atoms with E-state index in [0.29, 0.717) is 12.1 Å². The molecule has 0 aliphatic heterocycles. The maximum absolute atomic E-state index is 12.0. The quantitative estimate of drug-likeness (QED) is 0.478. The molecule has 0 saturated heterocycles. The van der Waals surface area contributed by atoms with Gasteiger partial charge in [-0.15, -0.1) is 0 Å². The number of benzene rings is 1. The molecule has 10 heteroatoms. The van der Waals surface area contributed by atoms with Gasteiger partial charge in [-0.2, -0.15) is 13.2 Å². The topological polar surface area (TPSA) is 113 Å². The first kappa shape index (κ1) is 22.4. The molecule has 1 aromatic rings. The molecule has 0 saturated carbocycles. The molecule has 7 nitrogen and oxygen atoms in total. The summed E-state index contributed by atoms with van der Waals surface area (Å²) in [5, 5.41) is 6.86. The smallest absolute Gasteiger partial charge is 0.348 e. The second kappa shape index (κ2) is 10.5. The molecule has 0 bridgehead atoms. The Morgan fingerprint density at radius 1 is 1.07 bits per heavy atom. The van der Waals surface area contributed by atoms with E-state index in [4.69, 9.17) is 5.73 Å². The van der Waals surface area contributed by atoms with E-state index in [1.807, 2.05) is 0 Å². The van der Waals surface area contributed by atoms with Gasteiger partial charge >= 0.3 is 12.1 Å². The normalized spacial score (nSPS) is 13.4. The molecule has 3 amide bonds. The van der Waals surface area contributed by atoms with Crippen LogP contribution < -0.4 is 21.7 Å². The highest BCUT2D eigenvalue weighted by atomic mass is 19.4. The molecule has 2 atom stereocenters. The van der Waals surface area contributed by atoms with Gasteiger partial charge < -0.3 is 21.7 Å². The number of carbonyl (C=O) groups is 3. The minimum Gasteiger partial charge on any atom is -0.348 e. The number of carbonyl (C=O) groups excluding carboxylic acids is 3. The first-order valence-corrected chi connectivity index (χ1v) is 8.38. The Morgan fingerprint density at radius 3 is 2.30 bits per heavy atom. The molecule has 150 valence electrons. The summed E-state index contributed by atoms with van der Waals surface area (Å²) in [6, 6.07) is 7.00. The van der Waals surface area contributed by atoms with Gasteiger partial charge in [0.25, 0.3) is 0 Å². The highest BCUT2D eigenvalue weighted by molar-refractivity contribution is 5.97. The van der Waals surface area contributed by atoms with Crippen LogP contribution in [0.1, 0.15) is 26.2 Å². The van der Waals surface area contributed by atoms with Crippen LogP contribution >= 0.6 is 0 Å². The van der Waals surface area contributed by atoms with Crippen molar-refractivity contribution in [2.24, 2.45) is 5.73 Å². The van der Waals surface area contributed by atoms with E-state index >= 15 is 0 Å². The zero-order valence-electron chi connectivity index (χ0n) is 14.8. The van der Waals surface area contributed by atoms with Crippen molar-refractivity contribution in [3.05, 3.63) is 30.3 Å². The van der Waals surface area contributed by atoms with Gasteiger partial charge in [0.2, 0.25) is 11.8 Å². The maximum atomic E-state index is 12.0. The van der Waals surface area contributed by atoms with Crippen molar-refractivity contribution in [2.45, 2.75) is 44.4 Å². The third-order valence-electron chi connectivity index (χ3n) is 3.62. The predicted octanol–water partition coefficient (Wildman–Crippen LogP) is 1.31. The maximum Gasteiger partial charge on any atom is 0.471 e. The fourth-order valence-corrected chi connectivity index (χ4v) is 2.08. The summed E-state index contributed by atoms with van der Waals surface area (Å²) in [6.45, 7) is 1.35. The van der Waals surface area contributed by atoms with Gasteiger partial charge in [0.15, 0.2) is 0 Å². The van der Waals surface area contributed by atoms with Crippen LogP contribution in [-0.2, 0) is 14.4 Å². The Hall–Kier alpha value is -2.62. The molecule has 0 spiro atoms. The number of rotatable bonds is 9. The van der Waals surface area contributed by atoms with Crippen molar-refractivity contribution in [3.63, 3.8) is 0 Å². The highest BCUT2D eigenvalue weighted by Crippen LogP contribution is 2.14. The first-order chi connectivity index (χ1) is 12.6. The van der Waals surface area contributed by atoms with Crippen molar-refractivity contribution >= 4 is 23.4 Å². The van der Waals surface area contributed by atoms with Gasteiger partial charge in [-0.1, -0.05) is 18.2 Å². The van der Waals surface area contributed by atoms with Gasteiger partial charge in [0.1, 0.15) is 6.04 Å². The van der Waals surface area contributed by atoms with E-state index in [9.17, 15) is 27.6 Å². The minimum absolute atomic E-state index is 0.164. The van der Waals surface area contributed by atoms with Crippen LogP contribution in [0.3, 0.4) is 0 Å². The third-order valence-corrected chi connectivity index (χ3v) is 3.62. The second-order valence-corrected chi connectivity index (χ2v) is 5.94. The van der Waals surface area contributed by atoms with Crippen molar-refractivity contribution in [3.8, 4) is 0 Å². The van der Waals surface area contributed by atoms with Gasteiger partial charge in [0.05, 0.1) is 6.04 Å². The predicted molar refractivity (Wildman–Crippen MR) is 93.6 cm³/mol. The molecule has 0 aliphatic carbocycles. The summed E-state index contributed by atoms with van der Waals surface area (Å²) in [5.41, 5.74) is 6.31. The van der Waals surface area contributed by atoms with E-state index in [0.717, 1.165) is 0 Å². The van der Waals surface area contributed by atoms with Crippen LogP contribution in [0.25, 0.3) is 0 Å². The lowest BCUT2D eigenvalue weighted by molar-refractivity contribution is -0.173. The number of amides is 3. The molecule has 0 aromatic heterocycles. The molecular formula is C17H23F3N4O3. The number of alkyl halides is 3. The van der Waals surface area contributed by atoms with E-state index < -0.39 is 36.0 Å². The summed E-state index contributed by atoms with van der Waals surface area (Å²) in [7, 11) is 0. The van der Waals surface area contributed by atoms with Crippen molar-refractivity contribution < 1.29 is 27.6 Å². The van der Waals surface area contributed by atoms with Crippen molar-refractivity contribution in [1.29, 1.82) is 0 Å². The van der Waals surface area contributed by atoms with Crippen LogP contribution in [0.2, 0.25) is 0 Å². The molecule has 0 fully saturated rings. The SMILES string of the molecule is C[C@H](NC(=O)[C@@H](N)CCCCNC(=O)C(F)(F)F)C(=O)Nc1ccccc1. The molecular weight excluding hydrogens is 365 g/mol. The van der Waals surface area contributed by atoms with E-state index in [1.165, 1.54) is 6.92 Å². The molecule has 0 aliphatic rings. The minimum atomic E-state index is -4.91. The fraction of sp³-hybridized carbons (Fsp3) is 0.471. The highest BCUT2D eigenvalue weighted by Gasteiger charge is 2.38. The van der Waals surface area contributed by atoms with E-state index in [2.05, 4.69) is 10.6 Å². The Kier molecular flexibility index (Phi) is 8.73. The van der Waals surface area contributed by atoms with Crippen LogP contribution in [0.5, 0.6) is 0 Å². The van der Waals surface area contributed by atoms with Crippen LogP contribution in [0.15, 0.2) is 30.3 Å². The van der Waals surface area contributed by atoms with E-state index in [-0.39, 0.29) is 19.4 Å². The monoisotopic (exact) mass is 388 g/mol. The van der Waals surface area contributed by atoms with Crippen LogP contribution in [0, 0.1) is 0 Å². The number of nitrogens with two attached hydrogens (primary N) is 1. The summed E-state index contributed by atoms with van der Waals surface area (Å²) < 4.78 is 36.0. The molecule has 5 N–H and O–H groups in total. The first-order valence-electron chi connectivity index (χ1n) is 8.38. The number of halogens is 3. The lowest BCUT2D eigenvalue weighted by Gasteiger charge is -2.17. The largest absolute Gasteiger partial charge is 0.471 e. The summed E-state index contributed by atoms with van der Waals surface area (Å²) in [6.07, 6.45) is -4.11. The molecule has 0 unspecified atom stereocenters. The van der Waals surface area contributed by atoms with Gasteiger partial charge in [0, 0.05) is 12.2 Å². The Balaban J connectivity index is 2.27. The number of hydrogen-bond acceptors (Lipinski definition) is 4. The number of anilines is 1. The number of nitrogens with one attached hydrogen (secondary N) is 3. The molecule has 1 aromatic carbocycles. The summed E-state index contributed by atoms with van der Waals surface area (Å²) in [5.74, 6) is -2.94. The average Bonchev–Trinajstić information content (AvgIpc) is 2.60. The van der Waals surface area contributed by atoms with Gasteiger partial charge in [-0.25, -0.2) is 0 Å². The lowest BCUT2D eigenvalue weighted by atomic mass is 10.1. The zero-order valence-corrected chi connectivity index (χ0v) is 14.8. The van der Waals surface area contributed by atoms with Crippen LogP contribution in [-0.4, -0.2) is 42.5 Å². The molecule has 0 heterocycles. The summed E-state index contributed by atoms with van der Waals surface area (Å²) >= 11 is 0. The number of hydrogen-bond donors (Lipinski definition) is 4. The Bertz CT molecular complexity index is 638. The molecule has 0 radical (unpaired) electrons. The van der Waals surface area contributed by atoms with Crippen molar-refractivity contribution in [1.82, 2.24) is 10.6 Å². The van der Waals surface area contributed by atoms with Crippen LogP contribution in [0.4, 0.5) is 18.9 Å². The average molecular weight is 388 g/mol. The number of unbranched alkanes of at least 4 members (excludes halogenated alkanes) is 1. The Labute approximate surface area is 154 Å². The summed E-state index contributed by atoms with van der Waals surface area (Å²) in [4.78, 5) is 34.6. The fourth-order valence-electron chi connectivity index (χ4n) is 2.08. The lowest BCUT2D eigenvalue weighted by Crippen LogP contribution is -2.48. The second-order valence-electron chi connectivity index (χ2n) is 5.94. The van der Waals surface area contributed by atoms with Gasteiger partial charge in [-0.05, 0) is 38.3 Å².